The molecule has 45 heavy (non-hydrogen) atoms. The number of aromatic carboxylic acids is 1. The van der Waals surface area contributed by atoms with Gasteiger partial charge in [-0.1, -0.05) is 39.3 Å². The Labute approximate surface area is 260 Å². The van der Waals surface area contributed by atoms with E-state index in [-0.39, 0.29) is 54.3 Å². The van der Waals surface area contributed by atoms with E-state index in [1.54, 1.807) is 22.8 Å². The van der Waals surface area contributed by atoms with Crippen LogP contribution in [0, 0.1) is 29.8 Å². The predicted octanol–water partition coefficient (Wildman–Crippen LogP) is 7.67. The topological polar surface area (TPSA) is 86.5 Å². The van der Waals surface area contributed by atoms with Crippen molar-refractivity contribution in [2.24, 2.45) is 0 Å². The quantitative estimate of drug-likeness (QED) is 0.162. The molecule has 0 aliphatic carbocycles. The molecule has 1 N–H and O–H groups in total. The summed E-state index contributed by atoms with van der Waals surface area (Å²) in [5.74, 6) is -0.115. The minimum atomic E-state index is -1.09. The smallest absolute Gasteiger partial charge is 0.335 e. The zero-order chi connectivity index (χ0) is 31.8. The summed E-state index contributed by atoms with van der Waals surface area (Å²) >= 11 is 0. The van der Waals surface area contributed by atoms with Gasteiger partial charge in [-0.25, -0.2) is 27.9 Å². The number of imidazole rings is 1. The van der Waals surface area contributed by atoms with Crippen LogP contribution in [-0.2, 0) is 24.3 Å². The number of carboxylic acid groups (broad SMARTS) is 1. The van der Waals surface area contributed by atoms with E-state index in [1.807, 2.05) is 13.8 Å². The van der Waals surface area contributed by atoms with Gasteiger partial charge in [0.25, 0.3) is 0 Å². The molecule has 7 nitrogen and oxygen atoms in total. The number of pyridine rings is 1. The fourth-order valence-corrected chi connectivity index (χ4v) is 4.51. The molecule has 5 aromatic rings. The highest BCUT2D eigenvalue weighted by Crippen LogP contribution is 2.28. The van der Waals surface area contributed by atoms with Crippen molar-refractivity contribution in [2.75, 3.05) is 13.7 Å². The number of terminal acetylenes is 1. The van der Waals surface area contributed by atoms with Gasteiger partial charge in [-0.2, -0.15) is 0 Å². The van der Waals surface area contributed by atoms with E-state index in [0.717, 1.165) is 12.1 Å². The number of carboxylic acids is 1. The van der Waals surface area contributed by atoms with Crippen molar-refractivity contribution in [3.63, 3.8) is 0 Å². The van der Waals surface area contributed by atoms with Crippen molar-refractivity contribution in [2.45, 2.75) is 40.8 Å². The molecule has 0 atom stereocenters. The third-order valence-corrected chi connectivity index (χ3v) is 6.67. The van der Waals surface area contributed by atoms with Gasteiger partial charge in [0, 0.05) is 42.8 Å². The van der Waals surface area contributed by atoms with Gasteiger partial charge in [-0.3, -0.25) is 0 Å². The SMILES string of the molecule is C.C#Cc1ccc(COc2cccc(-c3cc(F)c(Cc4nc5ccc(C(=O)O)cc5n4CCOC)cc3F)n2)c(F)c1.CC. The van der Waals surface area contributed by atoms with E-state index >= 15 is 8.78 Å². The molecule has 0 aliphatic rings. The van der Waals surface area contributed by atoms with Crippen LogP contribution in [0.1, 0.15) is 54.1 Å². The number of ether oxygens (including phenoxy) is 2. The molecule has 0 aliphatic heterocycles. The summed E-state index contributed by atoms with van der Waals surface area (Å²) < 4.78 is 57.5. The molecule has 0 fully saturated rings. The first-order chi connectivity index (χ1) is 21.3. The third-order valence-electron chi connectivity index (χ3n) is 6.67. The van der Waals surface area contributed by atoms with Crippen molar-refractivity contribution >= 4 is 17.0 Å². The Balaban J connectivity index is 0.00000180. The second-order valence-electron chi connectivity index (χ2n) is 9.38. The summed E-state index contributed by atoms with van der Waals surface area (Å²) in [7, 11) is 1.53. The van der Waals surface area contributed by atoms with Crippen LogP contribution >= 0.6 is 0 Å². The van der Waals surface area contributed by atoms with Crippen LogP contribution in [0.5, 0.6) is 5.88 Å². The van der Waals surface area contributed by atoms with Gasteiger partial charge in [0.2, 0.25) is 5.88 Å². The molecule has 0 radical (unpaired) electrons. The number of carbonyl (C=O) groups is 1. The summed E-state index contributed by atoms with van der Waals surface area (Å²) in [5, 5.41) is 9.39. The van der Waals surface area contributed by atoms with Crippen molar-refractivity contribution in [1.29, 1.82) is 0 Å². The first-order valence-electron chi connectivity index (χ1n) is 13.8. The standard InChI is InChI=1S/C32H24F3N3O4.C2H6.CH4/c1-3-19-7-8-21(24(33)13-19)18-42-31-6-4-5-27(37-31)23-17-25(34)22(14-26(23)35)16-30-36-28-10-9-20(32(39)40)15-29(28)38(30)11-12-41-2;1-2;/h1,4-10,13-15,17H,11-12,16,18H2,2H3,(H,39,40);1-2H3;1H4. The second-order valence-corrected chi connectivity index (χ2v) is 9.38. The minimum Gasteiger partial charge on any atom is -0.478 e. The molecule has 0 spiro atoms. The molecule has 5 rings (SSSR count). The Morgan fingerprint density at radius 2 is 1.71 bits per heavy atom. The molecule has 10 heteroatoms. The lowest BCUT2D eigenvalue weighted by atomic mass is 10.0. The third kappa shape index (κ3) is 7.88. The van der Waals surface area contributed by atoms with E-state index in [4.69, 9.17) is 15.9 Å². The average molecular weight is 618 g/mol. The van der Waals surface area contributed by atoms with Crippen LogP contribution in [-0.4, -0.2) is 39.3 Å². The monoisotopic (exact) mass is 617 g/mol. The minimum absolute atomic E-state index is 0. The molecule has 0 amide bonds. The second kappa shape index (κ2) is 15.5. The highest BCUT2D eigenvalue weighted by molar-refractivity contribution is 5.92. The molecular weight excluding hydrogens is 583 g/mol. The Kier molecular flexibility index (Phi) is 11.9. The van der Waals surface area contributed by atoms with Crippen molar-refractivity contribution in [3.8, 4) is 29.5 Å². The normalized spacial score (nSPS) is 10.4. The number of fused-ring (bicyclic) bond motifs is 1. The van der Waals surface area contributed by atoms with E-state index in [9.17, 15) is 14.3 Å². The molecule has 2 heterocycles. The van der Waals surface area contributed by atoms with Crippen LogP contribution in [0.25, 0.3) is 22.3 Å². The lowest BCUT2D eigenvalue weighted by molar-refractivity contribution is 0.0697. The number of benzene rings is 3. The van der Waals surface area contributed by atoms with Gasteiger partial charge in [-0.05, 0) is 54.1 Å². The summed E-state index contributed by atoms with van der Waals surface area (Å²) in [6.45, 7) is 4.50. The summed E-state index contributed by atoms with van der Waals surface area (Å²) in [4.78, 5) is 20.3. The number of halogens is 3. The summed E-state index contributed by atoms with van der Waals surface area (Å²) in [6, 6.07) is 15.6. The van der Waals surface area contributed by atoms with Crippen LogP contribution in [0.3, 0.4) is 0 Å². The average Bonchev–Trinajstić information content (AvgIpc) is 3.37. The first-order valence-corrected chi connectivity index (χ1v) is 13.8. The fraction of sp³-hybridized carbons (Fsp3) is 0.229. The van der Waals surface area contributed by atoms with Crippen LogP contribution in [0.15, 0.2) is 66.7 Å². The first kappa shape index (κ1) is 34.4. The molecule has 0 saturated heterocycles. The highest BCUT2D eigenvalue weighted by atomic mass is 19.1. The zero-order valence-corrected chi connectivity index (χ0v) is 24.4. The summed E-state index contributed by atoms with van der Waals surface area (Å²) in [5.41, 5.74) is 1.93. The maximum absolute atomic E-state index is 15.4. The van der Waals surface area contributed by atoms with Gasteiger partial charge >= 0.3 is 5.97 Å². The lowest BCUT2D eigenvalue weighted by Crippen LogP contribution is -2.10. The Hall–Kier alpha value is -5.14. The van der Waals surface area contributed by atoms with Gasteiger partial charge in [0.05, 0.1) is 28.9 Å². The maximum Gasteiger partial charge on any atom is 0.335 e. The number of methoxy groups -OCH3 is 1. The van der Waals surface area contributed by atoms with Crippen LogP contribution in [0.4, 0.5) is 13.2 Å². The molecule has 0 unspecified atom stereocenters. The number of hydrogen-bond acceptors (Lipinski definition) is 5. The molecular formula is C35H34F3N3O4. The molecule has 0 bridgehead atoms. The van der Waals surface area contributed by atoms with Gasteiger partial charge in [0.1, 0.15) is 29.9 Å². The van der Waals surface area contributed by atoms with E-state index in [2.05, 4.69) is 15.9 Å². The lowest BCUT2D eigenvalue weighted by Gasteiger charge is -2.12. The molecule has 0 saturated carbocycles. The molecule has 3 aromatic carbocycles. The largest absolute Gasteiger partial charge is 0.478 e. The van der Waals surface area contributed by atoms with Crippen molar-refractivity contribution in [1.82, 2.24) is 14.5 Å². The van der Waals surface area contributed by atoms with Crippen LogP contribution in [0.2, 0.25) is 0 Å². The number of hydrogen-bond donors (Lipinski definition) is 1. The Morgan fingerprint density at radius 3 is 2.40 bits per heavy atom. The van der Waals surface area contributed by atoms with E-state index < -0.39 is 23.4 Å². The Morgan fingerprint density at radius 1 is 0.956 bits per heavy atom. The van der Waals surface area contributed by atoms with Gasteiger partial charge < -0.3 is 19.1 Å². The predicted molar refractivity (Wildman–Crippen MR) is 168 cm³/mol. The molecule has 234 valence electrons. The Bertz CT molecular complexity index is 1850. The number of nitrogens with zero attached hydrogens (tertiary/aromatic N) is 3. The number of aromatic nitrogens is 3. The van der Waals surface area contributed by atoms with Crippen LogP contribution < -0.4 is 4.74 Å². The number of rotatable bonds is 10. The molecule has 2 aromatic heterocycles. The highest BCUT2D eigenvalue weighted by Gasteiger charge is 2.18. The van der Waals surface area contributed by atoms with Gasteiger partial charge in [0.15, 0.2) is 0 Å². The summed E-state index contributed by atoms with van der Waals surface area (Å²) in [6.07, 6.45) is 5.24. The van der Waals surface area contributed by atoms with Crippen molar-refractivity contribution in [3.05, 3.63) is 112 Å². The van der Waals surface area contributed by atoms with E-state index in [0.29, 0.717) is 35.6 Å². The zero-order valence-electron chi connectivity index (χ0n) is 24.4. The van der Waals surface area contributed by atoms with Crippen molar-refractivity contribution < 1.29 is 32.5 Å². The van der Waals surface area contributed by atoms with E-state index in [1.165, 1.54) is 43.5 Å². The maximum atomic E-state index is 15.4. The fourth-order valence-electron chi connectivity index (χ4n) is 4.51. The van der Waals surface area contributed by atoms with Gasteiger partial charge in [-0.15, -0.1) is 6.42 Å².